The summed E-state index contributed by atoms with van der Waals surface area (Å²) >= 11 is 3.76. The van der Waals surface area contributed by atoms with Crippen molar-refractivity contribution in [1.29, 1.82) is 0 Å². The maximum Gasteiger partial charge on any atom is 0.310 e. The van der Waals surface area contributed by atoms with Gasteiger partial charge in [0.15, 0.2) is 0 Å². The first-order valence-corrected chi connectivity index (χ1v) is 4.20. The largest absolute Gasteiger partial charge is 0.469 e. The predicted octanol–water partition coefficient (Wildman–Crippen LogP) is -0.158. The highest BCUT2D eigenvalue weighted by Crippen LogP contribution is 1.94. The van der Waals surface area contributed by atoms with Gasteiger partial charge in [-0.1, -0.05) is 6.92 Å². The first kappa shape index (κ1) is 11.3. The molecule has 70 valence electrons. The molecule has 4 nitrogen and oxygen atoms in total. The quantitative estimate of drug-likeness (QED) is 0.479. The second-order valence-corrected chi connectivity index (χ2v) is 2.70. The molecule has 0 aromatic rings. The van der Waals surface area contributed by atoms with Gasteiger partial charge in [0.05, 0.1) is 18.8 Å². The van der Waals surface area contributed by atoms with E-state index in [2.05, 4.69) is 22.7 Å². The van der Waals surface area contributed by atoms with Gasteiger partial charge in [-0.15, -0.1) is 0 Å². The number of hydrogen-bond acceptors (Lipinski definition) is 4. The smallest absolute Gasteiger partial charge is 0.310 e. The van der Waals surface area contributed by atoms with Crippen LogP contribution in [-0.4, -0.2) is 31.3 Å². The van der Waals surface area contributed by atoms with Crippen molar-refractivity contribution in [2.24, 2.45) is 5.92 Å². The van der Waals surface area contributed by atoms with Crippen molar-refractivity contribution >= 4 is 24.5 Å². The van der Waals surface area contributed by atoms with Gasteiger partial charge in [0.25, 0.3) is 0 Å². The highest BCUT2D eigenvalue weighted by Gasteiger charge is 2.13. The van der Waals surface area contributed by atoms with E-state index in [0.717, 1.165) is 0 Å². The van der Waals surface area contributed by atoms with Gasteiger partial charge < -0.3 is 10.1 Å². The molecule has 0 aromatic heterocycles. The maximum absolute atomic E-state index is 10.8. The van der Waals surface area contributed by atoms with Crippen LogP contribution in [-0.2, 0) is 14.3 Å². The first-order valence-electron chi connectivity index (χ1n) is 3.57. The van der Waals surface area contributed by atoms with E-state index in [9.17, 15) is 9.59 Å². The Labute approximate surface area is 77.1 Å². The molecule has 1 unspecified atom stereocenters. The molecule has 0 bridgehead atoms. The maximum atomic E-state index is 10.8. The van der Waals surface area contributed by atoms with E-state index in [1.807, 2.05) is 0 Å². The second-order valence-electron chi connectivity index (χ2n) is 2.39. The Balaban J connectivity index is 3.63. The number of amides is 1. The van der Waals surface area contributed by atoms with E-state index >= 15 is 0 Å². The van der Waals surface area contributed by atoms with Gasteiger partial charge in [-0.3, -0.25) is 9.59 Å². The van der Waals surface area contributed by atoms with E-state index in [4.69, 9.17) is 0 Å². The number of ether oxygens (including phenoxy) is 1. The average molecular weight is 191 g/mol. The van der Waals surface area contributed by atoms with Crippen LogP contribution in [0.3, 0.4) is 0 Å². The summed E-state index contributed by atoms with van der Waals surface area (Å²) in [5, 5.41) is 2.53. The Morgan fingerprint density at radius 3 is 2.58 bits per heavy atom. The van der Waals surface area contributed by atoms with Gasteiger partial charge in [0, 0.05) is 6.54 Å². The number of esters is 1. The van der Waals surface area contributed by atoms with Crippen LogP contribution < -0.4 is 5.32 Å². The van der Waals surface area contributed by atoms with E-state index in [-0.39, 0.29) is 23.5 Å². The van der Waals surface area contributed by atoms with Gasteiger partial charge in [-0.25, -0.2) is 0 Å². The molecule has 12 heavy (non-hydrogen) atoms. The van der Waals surface area contributed by atoms with Crippen molar-refractivity contribution in [1.82, 2.24) is 5.32 Å². The van der Waals surface area contributed by atoms with Crippen LogP contribution in [0.4, 0.5) is 0 Å². The van der Waals surface area contributed by atoms with Crippen LogP contribution in [0, 0.1) is 5.92 Å². The number of rotatable bonds is 4. The van der Waals surface area contributed by atoms with Crippen LogP contribution in [0.25, 0.3) is 0 Å². The normalized spacial score (nSPS) is 11.9. The molecule has 1 amide bonds. The number of carbonyl (C=O) groups excluding carboxylic acids is 2. The zero-order chi connectivity index (χ0) is 9.56. The minimum atomic E-state index is -0.325. The fourth-order valence-electron chi connectivity index (χ4n) is 0.607. The zero-order valence-electron chi connectivity index (χ0n) is 7.16. The molecule has 0 radical (unpaired) electrons. The first-order chi connectivity index (χ1) is 5.61. The molecule has 1 N–H and O–H groups in total. The third-order valence-electron chi connectivity index (χ3n) is 1.35. The molecule has 0 saturated carbocycles. The molecular weight excluding hydrogens is 178 g/mol. The third-order valence-corrected chi connectivity index (χ3v) is 1.64. The molecule has 0 aromatic carbocycles. The van der Waals surface area contributed by atoms with Gasteiger partial charge in [-0.05, 0) is 0 Å². The summed E-state index contributed by atoms with van der Waals surface area (Å²) in [5.41, 5.74) is 0. The van der Waals surface area contributed by atoms with Gasteiger partial charge >= 0.3 is 5.97 Å². The fourth-order valence-corrected chi connectivity index (χ4v) is 0.719. The van der Waals surface area contributed by atoms with Gasteiger partial charge in [0.1, 0.15) is 0 Å². The lowest BCUT2D eigenvalue weighted by molar-refractivity contribution is -0.144. The molecule has 0 aliphatic rings. The Kier molecular flexibility index (Phi) is 5.53. The molecule has 0 rings (SSSR count). The number of methoxy groups -OCH3 is 1. The predicted molar refractivity (Wildman–Crippen MR) is 48.0 cm³/mol. The van der Waals surface area contributed by atoms with Gasteiger partial charge in [-0.2, -0.15) is 12.6 Å². The van der Waals surface area contributed by atoms with Crippen molar-refractivity contribution in [2.75, 3.05) is 19.4 Å². The SMILES string of the molecule is COC(=O)C(C)CNC(=O)CS. The van der Waals surface area contributed by atoms with E-state index < -0.39 is 0 Å². The lowest BCUT2D eigenvalue weighted by Crippen LogP contribution is -2.32. The summed E-state index contributed by atoms with van der Waals surface area (Å²) in [6.07, 6.45) is 0. The summed E-state index contributed by atoms with van der Waals surface area (Å²) in [5.74, 6) is -0.684. The standard InChI is InChI=1S/C7H13NO3S/c1-5(7(10)11-2)3-8-6(9)4-12/h5,12H,3-4H2,1-2H3,(H,8,9). The Morgan fingerprint density at radius 1 is 1.58 bits per heavy atom. The highest BCUT2D eigenvalue weighted by molar-refractivity contribution is 7.81. The van der Waals surface area contributed by atoms with E-state index in [1.165, 1.54) is 7.11 Å². The number of thiol groups is 1. The molecule has 5 heteroatoms. The Bertz CT molecular complexity index is 172. The van der Waals surface area contributed by atoms with Crippen molar-refractivity contribution < 1.29 is 14.3 Å². The van der Waals surface area contributed by atoms with Crippen LogP contribution in [0.1, 0.15) is 6.92 Å². The lowest BCUT2D eigenvalue weighted by Gasteiger charge is -2.09. The van der Waals surface area contributed by atoms with Crippen LogP contribution >= 0.6 is 12.6 Å². The van der Waals surface area contributed by atoms with Crippen molar-refractivity contribution in [2.45, 2.75) is 6.92 Å². The summed E-state index contributed by atoms with van der Waals surface area (Å²) < 4.78 is 4.47. The zero-order valence-corrected chi connectivity index (χ0v) is 8.06. The Morgan fingerprint density at radius 2 is 2.17 bits per heavy atom. The molecular formula is C7H13NO3S. The lowest BCUT2D eigenvalue weighted by atomic mass is 10.2. The number of hydrogen-bond donors (Lipinski definition) is 2. The minimum Gasteiger partial charge on any atom is -0.469 e. The summed E-state index contributed by atoms with van der Waals surface area (Å²) in [4.78, 5) is 21.5. The van der Waals surface area contributed by atoms with Crippen LogP contribution in [0.15, 0.2) is 0 Å². The Hall–Kier alpha value is -0.710. The molecule has 0 fully saturated rings. The molecule has 0 aliphatic carbocycles. The fraction of sp³-hybridized carbons (Fsp3) is 0.714. The summed E-state index contributed by atoms with van der Waals surface area (Å²) in [6, 6.07) is 0. The van der Waals surface area contributed by atoms with Crippen molar-refractivity contribution in [3.8, 4) is 0 Å². The third kappa shape index (κ3) is 4.23. The summed E-state index contributed by atoms with van der Waals surface area (Å²) in [7, 11) is 1.32. The minimum absolute atomic E-state index is 0.133. The second kappa shape index (κ2) is 5.88. The highest BCUT2D eigenvalue weighted by atomic mass is 32.1. The van der Waals surface area contributed by atoms with E-state index in [1.54, 1.807) is 6.92 Å². The van der Waals surface area contributed by atoms with E-state index in [0.29, 0.717) is 6.54 Å². The number of nitrogens with one attached hydrogen (secondary N) is 1. The molecule has 0 heterocycles. The molecule has 1 atom stereocenters. The van der Waals surface area contributed by atoms with Gasteiger partial charge in [0.2, 0.25) is 5.91 Å². The molecule has 0 aliphatic heterocycles. The molecule has 0 spiro atoms. The van der Waals surface area contributed by atoms with Crippen LogP contribution in [0.5, 0.6) is 0 Å². The van der Waals surface area contributed by atoms with Crippen LogP contribution in [0.2, 0.25) is 0 Å². The monoisotopic (exact) mass is 191 g/mol. The number of carbonyl (C=O) groups is 2. The summed E-state index contributed by atoms with van der Waals surface area (Å²) in [6.45, 7) is 1.98. The average Bonchev–Trinajstić information content (AvgIpc) is 2.11. The topological polar surface area (TPSA) is 55.4 Å². The van der Waals surface area contributed by atoms with Crippen molar-refractivity contribution in [3.63, 3.8) is 0 Å². The molecule has 0 saturated heterocycles. The van der Waals surface area contributed by atoms with Crippen molar-refractivity contribution in [3.05, 3.63) is 0 Å².